The number of carbonyl (C=O) groups excluding carboxylic acids is 2. The van der Waals surface area contributed by atoms with Crippen molar-refractivity contribution in [3.8, 4) is 5.75 Å². The fourth-order valence-corrected chi connectivity index (χ4v) is 3.18. The molecule has 2 N–H and O–H groups in total. The fraction of sp³-hybridized carbons (Fsp3) is 0.200. The predicted octanol–water partition coefficient (Wildman–Crippen LogP) is 3.38. The number of hydrogen-bond donors (Lipinski definition) is 2. The topological polar surface area (TPSA) is 111 Å². The molecule has 0 bridgehead atoms. The number of amides is 2. The van der Waals surface area contributed by atoms with E-state index >= 15 is 0 Å². The average Bonchev–Trinajstić information content (AvgIpc) is 3.55. The van der Waals surface area contributed by atoms with Gasteiger partial charge >= 0.3 is 0 Å². The van der Waals surface area contributed by atoms with Gasteiger partial charge in [0.15, 0.2) is 0 Å². The van der Waals surface area contributed by atoms with E-state index in [0.29, 0.717) is 15.8 Å². The minimum atomic E-state index is -0.562. The molecule has 1 fully saturated rings. The van der Waals surface area contributed by atoms with Gasteiger partial charge in [0.2, 0.25) is 0 Å². The fourth-order valence-electron chi connectivity index (χ4n) is 2.58. The molecule has 0 spiro atoms. The molecule has 29 heavy (non-hydrogen) atoms. The average molecular weight is 460 g/mol. The lowest BCUT2D eigenvalue weighted by atomic mass is 10.1. The molecular weight excluding hydrogens is 442 g/mol. The van der Waals surface area contributed by atoms with Gasteiger partial charge in [-0.25, -0.2) is 0 Å². The number of para-hydroxylation sites is 1. The summed E-state index contributed by atoms with van der Waals surface area (Å²) in [5.74, 6) is -0.464. The number of benzene rings is 2. The van der Waals surface area contributed by atoms with E-state index in [1.165, 1.54) is 31.4 Å². The molecule has 2 aromatic carbocycles. The van der Waals surface area contributed by atoms with Crippen LogP contribution in [0.1, 0.15) is 28.8 Å². The highest BCUT2D eigenvalue weighted by Gasteiger charge is 2.28. The zero-order valence-corrected chi connectivity index (χ0v) is 17.1. The Labute approximate surface area is 175 Å². The molecule has 150 valence electrons. The van der Waals surface area contributed by atoms with Gasteiger partial charge in [0.1, 0.15) is 11.4 Å². The monoisotopic (exact) mass is 459 g/mol. The summed E-state index contributed by atoms with van der Waals surface area (Å²) in [7, 11) is 1.51. The van der Waals surface area contributed by atoms with Crippen LogP contribution in [-0.4, -0.2) is 29.9 Å². The highest BCUT2D eigenvalue weighted by atomic mass is 79.9. The van der Waals surface area contributed by atoms with Crippen LogP contribution in [0.3, 0.4) is 0 Å². The molecule has 0 saturated heterocycles. The van der Waals surface area contributed by atoms with Crippen molar-refractivity contribution in [2.45, 2.75) is 18.9 Å². The van der Waals surface area contributed by atoms with Gasteiger partial charge in [-0.05, 0) is 47.0 Å². The molecule has 8 nitrogen and oxygen atoms in total. The Balaban J connectivity index is 1.93. The van der Waals surface area contributed by atoms with E-state index < -0.39 is 16.7 Å². The van der Waals surface area contributed by atoms with Crippen molar-refractivity contribution in [3.63, 3.8) is 0 Å². The van der Waals surface area contributed by atoms with Crippen LogP contribution in [0.4, 0.5) is 5.69 Å². The van der Waals surface area contributed by atoms with E-state index in [2.05, 4.69) is 26.6 Å². The number of carbonyl (C=O) groups is 2. The second-order valence-electron chi connectivity index (χ2n) is 6.40. The molecule has 0 atom stereocenters. The van der Waals surface area contributed by atoms with E-state index in [-0.39, 0.29) is 23.0 Å². The maximum Gasteiger partial charge on any atom is 0.269 e. The third-order valence-electron chi connectivity index (χ3n) is 4.28. The van der Waals surface area contributed by atoms with Crippen LogP contribution < -0.4 is 15.4 Å². The first-order valence-electron chi connectivity index (χ1n) is 8.80. The summed E-state index contributed by atoms with van der Waals surface area (Å²) in [6.45, 7) is 0. The van der Waals surface area contributed by atoms with Gasteiger partial charge in [-0.3, -0.25) is 19.7 Å². The van der Waals surface area contributed by atoms with Crippen molar-refractivity contribution in [2.24, 2.45) is 0 Å². The quantitative estimate of drug-likeness (QED) is 0.374. The van der Waals surface area contributed by atoms with Crippen molar-refractivity contribution in [2.75, 3.05) is 7.11 Å². The lowest BCUT2D eigenvalue weighted by molar-refractivity contribution is -0.384. The van der Waals surface area contributed by atoms with Crippen molar-refractivity contribution in [1.82, 2.24) is 10.6 Å². The van der Waals surface area contributed by atoms with Gasteiger partial charge in [0.25, 0.3) is 17.5 Å². The SMILES string of the molecule is COc1ccccc1C(Br)=C(NC(=O)c1ccc([N+](=O)[O-])cc1)C(=O)NC1CC1. The number of nitro groups is 1. The molecule has 0 heterocycles. The van der Waals surface area contributed by atoms with Crippen LogP contribution >= 0.6 is 15.9 Å². The Hall–Kier alpha value is -3.20. The lowest BCUT2D eigenvalue weighted by Crippen LogP contribution is -2.36. The molecule has 9 heteroatoms. The van der Waals surface area contributed by atoms with Gasteiger partial charge in [-0.15, -0.1) is 0 Å². The van der Waals surface area contributed by atoms with Gasteiger partial charge in [0, 0.05) is 29.3 Å². The Kier molecular flexibility index (Phi) is 6.28. The molecule has 2 amide bonds. The summed E-state index contributed by atoms with van der Waals surface area (Å²) < 4.78 is 5.71. The number of nitrogens with one attached hydrogen (secondary N) is 2. The van der Waals surface area contributed by atoms with E-state index in [9.17, 15) is 19.7 Å². The molecule has 0 aromatic heterocycles. The molecule has 1 aliphatic rings. The molecule has 1 saturated carbocycles. The van der Waals surface area contributed by atoms with Crippen molar-refractivity contribution < 1.29 is 19.2 Å². The van der Waals surface area contributed by atoms with Gasteiger partial charge < -0.3 is 15.4 Å². The number of rotatable bonds is 7. The standard InChI is InChI=1S/C20H18BrN3O5/c1-29-16-5-3-2-4-15(16)17(21)18(20(26)22-13-8-9-13)23-19(25)12-6-10-14(11-7-12)24(27)28/h2-7,10-11,13H,8-9H2,1H3,(H,22,26)(H,23,25). The molecule has 3 rings (SSSR count). The van der Waals surface area contributed by atoms with Crippen molar-refractivity contribution in [1.29, 1.82) is 0 Å². The maximum absolute atomic E-state index is 12.8. The molecule has 0 aliphatic heterocycles. The molecule has 2 aromatic rings. The zero-order chi connectivity index (χ0) is 21.0. The molecule has 0 unspecified atom stereocenters. The first-order chi connectivity index (χ1) is 13.9. The maximum atomic E-state index is 12.8. The van der Waals surface area contributed by atoms with E-state index in [1.807, 2.05) is 0 Å². The van der Waals surface area contributed by atoms with Crippen LogP contribution in [0.15, 0.2) is 54.2 Å². The molecule has 1 aliphatic carbocycles. The highest BCUT2D eigenvalue weighted by Crippen LogP contribution is 2.32. The Morgan fingerprint density at radius 1 is 1.14 bits per heavy atom. The lowest BCUT2D eigenvalue weighted by Gasteiger charge is -2.15. The van der Waals surface area contributed by atoms with Gasteiger partial charge in [-0.2, -0.15) is 0 Å². The van der Waals surface area contributed by atoms with Crippen LogP contribution in [0.2, 0.25) is 0 Å². The Morgan fingerprint density at radius 2 is 1.79 bits per heavy atom. The van der Waals surface area contributed by atoms with Gasteiger partial charge in [0.05, 0.1) is 16.5 Å². The first-order valence-corrected chi connectivity index (χ1v) is 9.60. The number of nitrogens with zero attached hydrogens (tertiary/aromatic N) is 1. The zero-order valence-electron chi connectivity index (χ0n) is 15.5. The minimum Gasteiger partial charge on any atom is -0.496 e. The second kappa shape index (κ2) is 8.87. The van der Waals surface area contributed by atoms with E-state index in [0.717, 1.165) is 12.8 Å². The largest absolute Gasteiger partial charge is 0.496 e. The molecular formula is C20H18BrN3O5. The summed E-state index contributed by atoms with van der Waals surface area (Å²) in [6, 6.07) is 12.3. The normalized spacial score (nSPS) is 13.9. The number of nitro benzene ring substituents is 1. The minimum absolute atomic E-state index is 0.0322. The van der Waals surface area contributed by atoms with E-state index in [4.69, 9.17) is 4.74 Å². The van der Waals surface area contributed by atoms with Crippen molar-refractivity contribution in [3.05, 3.63) is 75.5 Å². The predicted molar refractivity (Wildman–Crippen MR) is 111 cm³/mol. The number of ether oxygens (including phenoxy) is 1. The smallest absolute Gasteiger partial charge is 0.269 e. The molecule has 0 radical (unpaired) electrons. The highest BCUT2D eigenvalue weighted by molar-refractivity contribution is 9.15. The van der Waals surface area contributed by atoms with Crippen LogP contribution in [0, 0.1) is 10.1 Å². The number of non-ortho nitro benzene ring substituents is 1. The third-order valence-corrected chi connectivity index (χ3v) is 5.11. The van der Waals surface area contributed by atoms with Gasteiger partial charge in [-0.1, -0.05) is 18.2 Å². The number of methoxy groups -OCH3 is 1. The van der Waals surface area contributed by atoms with Crippen molar-refractivity contribution >= 4 is 37.9 Å². The third kappa shape index (κ3) is 5.00. The van der Waals surface area contributed by atoms with E-state index in [1.54, 1.807) is 24.3 Å². The van der Waals surface area contributed by atoms with Crippen LogP contribution in [-0.2, 0) is 4.79 Å². The van der Waals surface area contributed by atoms with Crippen LogP contribution in [0.5, 0.6) is 5.75 Å². The Morgan fingerprint density at radius 3 is 2.38 bits per heavy atom. The number of hydrogen-bond acceptors (Lipinski definition) is 5. The summed E-state index contributed by atoms with van der Waals surface area (Å²) in [5, 5.41) is 16.3. The Bertz CT molecular complexity index is 984. The summed E-state index contributed by atoms with van der Waals surface area (Å²) in [4.78, 5) is 35.7. The summed E-state index contributed by atoms with van der Waals surface area (Å²) in [5.41, 5.74) is 0.691. The first kappa shape index (κ1) is 20.5. The number of halogens is 1. The van der Waals surface area contributed by atoms with Crippen LogP contribution in [0.25, 0.3) is 4.48 Å². The summed E-state index contributed by atoms with van der Waals surface area (Å²) >= 11 is 3.42. The summed E-state index contributed by atoms with van der Waals surface area (Å²) in [6.07, 6.45) is 1.78. The second-order valence-corrected chi connectivity index (χ2v) is 7.19.